The second-order valence-electron chi connectivity index (χ2n) is 4.84. The zero-order chi connectivity index (χ0) is 13.9. The van der Waals surface area contributed by atoms with Crippen LogP contribution >= 0.6 is 11.6 Å². The van der Waals surface area contributed by atoms with Gasteiger partial charge in [0.05, 0.1) is 5.02 Å². The fourth-order valence-electron chi connectivity index (χ4n) is 1.83. The van der Waals surface area contributed by atoms with Gasteiger partial charge in [0, 0.05) is 30.9 Å². The van der Waals surface area contributed by atoms with Crippen molar-refractivity contribution in [1.82, 2.24) is 10.3 Å². The summed E-state index contributed by atoms with van der Waals surface area (Å²) < 4.78 is 18.9. The Morgan fingerprint density at radius 3 is 2.90 bits per heavy atom. The molecule has 0 saturated heterocycles. The molecule has 0 amide bonds. The van der Waals surface area contributed by atoms with E-state index in [1.807, 2.05) is 12.1 Å². The first-order chi connectivity index (χ1) is 9.70. The van der Waals surface area contributed by atoms with Crippen LogP contribution in [-0.4, -0.2) is 11.0 Å². The molecule has 20 heavy (non-hydrogen) atoms. The number of pyridine rings is 1. The average Bonchev–Trinajstić information content (AvgIpc) is 3.25. The van der Waals surface area contributed by atoms with Gasteiger partial charge in [0.15, 0.2) is 0 Å². The summed E-state index contributed by atoms with van der Waals surface area (Å²) in [5, 5.41) is 3.50. The Kier molecular flexibility index (Phi) is 3.85. The van der Waals surface area contributed by atoms with Crippen molar-refractivity contribution in [1.29, 1.82) is 0 Å². The Morgan fingerprint density at radius 1 is 1.30 bits per heavy atom. The lowest BCUT2D eigenvalue weighted by atomic mass is 10.2. The van der Waals surface area contributed by atoms with E-state index < -0.39 is 5.82 Å². The molecule has 3 rings (SSSR count). The number of benzene rings is 1. The Bertz CT molecular complexity index is 617. The number of hydrogen-bond acceptors (Lipinski definition) is 3. The second kappa shape index (κ2) is 5.77. The molecule has 3 nitrogen and oxygen atoms in total. The highest BCUT2D eigenvalue weighted by Gasteiger charge is 2.19. The second-order valence-corrected chi connectivity index (χ2v) is 5.24. The minimum atomic E-state index is -0.504. The van der Waals surface area contributed by atoms with Gasteiger partial charge >= 0.3 is 0 Å². The lowest BCUT2D eigenvalue weighted by molar-refractivity contribution is 0.457. The van der Waals surface area contributed by atoms with Crippen LogP contribution in [0.2, 0.25) is 5.02 Å². The summed E-state index contributed by atoms with van der Waals surface area (Å²) in [6.45, 7) is 0.790. The molecule has 0 unspecified atom stereocenters. The molecule has 1 aromatic heterocycles. The molecule has 104 valence electrons. The molecule has 1 aliphatic rings. The Hall–Kier alpha value is -1.65. The lowest BCUT2D eigenvalue weighted by Crippen LogP contribution is -2.15. The number of rotatable bonds is 5. The topological polar surface area (TPSA) is 34.1 Å². The van der Waals surface area contributed by atoms with Crippen LogP contribution in [0, 0.1) is 5.82 Å². The third-order valence-corrected chi connectivity index (χ3v) is 3.39. The van der Waals surface area contributed by atoms with Crippen LogP contribution in [0.3, 0.4) is 0 Å². The molecule has 5 heteroatoms. The van der Waals surface area contributed by atoms with Crippen molar-refractivity contribution in [2.24, 2.45) is 0 Å². The van der Waals surface area contributed by atoms with Crippen molar-refractivity contribution in [3.8, 4) is 11.6 Å². The monoisotopic (exact) mass is 292 g/mol. The maximum atomic E-state index is 13.3. The summed E-state index contributed by atoms with van der Waals surface area (Å²) >= 11 is 5.63. The van der Waals surface area contributed by atoms with Gasteiger partial charge in [-0.1, -0.05) is 11.6 Å². The Morgan fingerprint density at radius 2 is 2.15 bits per heavy atom. The molecule has 0 radical (unpaired) electrons. The zero-order valence-corrected chi connectivity index (χ0v) is 11.5. The number of aromatic nitrogens is 1. The van der Waals surface area contributed by atoms with E-state index in [-0.39, 0.29) is 5.02 Å². The van der Waals surface area contributed by atoms with Gasteiger partial charge in [0.25, 0.3) is 0 Å². The van der Waals surface area contributed by atoms with E-state index in [4.69, 9.17) is 16.3 Å². The fourth-order valence-corrected chi connectivity index (χ4v) is 1.94. The van der Waals surface area contributed by atoms with Gasteiger partial charge in [0.1, 0.15) is 11.6 Å². The highest BCUT2D eigenvalue weighted by atomic mass is 35.5. The molecular weight excluding hydrogens is 279 g/mol. The highest BCUT2D eigenvalue weighted by molar-refractivity contribution is 6.30. The maximum Gasteiger partial charge on any atom is 0.219 e. The third-order valence-electron chi connectivity index (χ3n) is 3.08. The first-order valence-corrected chi connectivity index (χ1v) is 6.90. The molecule has 0 spiro atoms. The summed E-state index contributed by atoms with van der Waals surface area (Å²) in [7, 11) is 0. The quantitative estimate of drug-likeness (QED) is 0.907. The standard InChI is InChI=1S/C15H14ClFN2O/c16-13-4-3-12(8-14(13)17)20-15-7-10(5-6-18-15)9-19-11-1-2-11/h3-8,11,19H,1-2,9H2. The van der Waals surface area contributed by atoms with E-state index in [9.17, 15) is 4.39 Å². The summed E-state index contributed by atoms with van der Waals surface area (Å²) in [6, 6.07) is 8.76. The van der Waals surface area contributed by atoms with Gasteiger partial charge in [0.2, 0.25) is 5.88 Å². The number of halogens is 2. The number of hydrogen-bond donors (Lipinski definition) is 1. The molecule has 1 saturated carbocycles. The van der Waals surface area contributed by atoms with Gasteiger partial charge in [-0.2, -0.15) is 0 Å². The highest BCUT2D eigenvalue weighted by Crippen LogP contribution is 2.25. The molecule has 0 aliphatic heterocycles. The fraction of sp³-hybridized carbons (Fsp3) is 0.267. The third kappa shape index (κ3) is 3.46. The van der Waals surface area contributed by atoms with Crippen LogP contribution in [0.5, 0.6) is 11.6 Å². The predicted molar refractivity (Wildman–Crippen MR) is 75.6 cm³/mol. The maximum absolute atomic E-state index is 13.3. The largest absolute Gasteiger partial charge is 0.439 e. The van der Waals surface area contributed by atoms with Crippen LogP contribution < -0.4 is 10.1 Å². The van der Waals surface area contributed by atoms with Gasteiger partial charge in [-0.3, -0.25) is 0 Å². The van der Waals surface area contributed by atoms with E-state index in [1.165, 1.54) is 25.0 Å². The van der Waals surface area contributed by atoms with E-state index in [0.29, 0.717) is 17.7 Å². The van der Waals surface area contributed by atoms with Crippen LogP contribution in [0.25, 0.3) is 0 Å². The van der Waals surface area contributed by atoms with Crippen LogP contribution in [-0.2, 0) is 6.54 Å². The molecule has 2 aromatic rings. The minimum Gasteiger partial charge on any atom is -0.439 e. The first kappa shape index (κ1) is 13.3. The average molecular weight is 293 g/mol. The Labute approximate surface area is 121 Å². The van der Waals surface area contributed by atoms with Gasteiger partial charge in [-0.05, 0) is 36.6 Å². The summed E-state index contributed by atoms with van der Waals surface area (Å²) in [4.78, 5) is 4.12. The van der Waals surface area contributed by atoms with Crippen molar-refractivity contribution in [3.05, 3.63) is 52.9 Å². The summed E-state index contributed by atoms with van der Waals surface area (Å²) in [5.41, 5.74) is 1.09. The molecular formula is C15H14ClFN2O. The normalized spacial score (nSPS) is 14.3. The van der Waals surface area contributed by atoms with E-state index in [2.05, 4.69) is 10.3 Å². The smallest absolute Gasteiger partial charge is 0.219 e. The van der Waals surface area contributed by atoms with E-state index in [1.54, 1.807) is 12.3 Å². The number of nitrogens with one attached hydrogen (secondary N) is 1. The molecule has 1 fully saturated rings. The Balaban J connectivity index is 1.69. The molecule has 1 aromatic carbocycles. The van der Waals surface area contributed by atoms with Crippen LogP contribution in [0.1, 0.15) is 18.4 Å². The van der Waals surface area contributed by atoms with Gasteiger partial charge in [-0.15, -0.1) is 0 Å². The molecule has 1 heterocycles. The summed E-state index contributed by atoms with van der Waals surface area (Å²) in [6.07, 6.45) is 4.18. The van der Waals surface area contributed by atoms with Crippen molar-refractivity contribution >= 4 is 11.6 Å². The van der Waals surface area contributed by atoms with Crippen molar-refractivity contribution < 1.29 is 9.13 Å². The van der Waals surface area contributed by atoms with Gasteiger partial charge < -0.3 is 10.1 Å². The van der Waals surface area contributed by atoms with Crippen molar-refractivity contribution in [2.45, 2.75) is 25.4 Å². The van der Waals surface area contributed by atoms with Crippen molar-refractivity contribution in [2.75, 3.05) is 0 Å². The van der Waals surface area contributed by atoms with Crippen LogP contribution in [0.15, 0.2) is 36.5 Å². The SMILES string of the molecule is Fc1cc(Oc2cc(CNC3CC3)ccn2)ccc1Cl. The summed E-state index contributed by atoms with van der Waals surface area (Å²) in [5.74, 6) is 0.323. The lowest BCUT2D eigenvalue weighted by Gasteiger charge is -2.07. The molecule has 1 N–H and O–H groups in total. The number of nitrogens with zero attached hydrogens (tertiary/aromatic N) is 1. The van der Waals surface area contributed by atoms with E-state index >= 15 is 0 Å². The predicted octanol–water partition coefficient (Wildman–Crippen LogP) is 3.92. The van der Waals surface area contributed by atoms with Crippen molar-refractivity contribution in [3.63, 3.8) is 0 Å². The molecule has 1 aliphatic carbocycles. The molecule has 0 atom stereocenters. The zero-order valence-electron chi connectivity index (χ0n) is 10.8. The van der Waals surface area contributed by atoms with Gasteiger partial charge in [-0.25, -0.2) is 9.37 Å². The number of ether oxygens (including phenoxy) is 1. The molecule has 0 bridgehead atoms. The first-order valence-electron chi connectivity index (χ1n) is 6.52. The van der Waals surface area contributed by atoms with Crippen LogP contribution in [0.4, 0.5) is 4.39 Å². The minimum absolute atomic E-state index is 0.0766. The van der Waals surface area contributed by atoms with E-state index in [0.717, 1.165) is 12.1 Å².